The van der Waals surface area contributed by atoms with Crippen molar-refractivity contribution in [1.82, 2.24) is 0 Å². The third-order valence-electron chi connectivity index (χ3n) is 4.01. The van der Waals surface area contributed by atoms with Crippen molar-refractivity contribution in [1.29, 1.82) is 0 Å². The Morgan fingerprint density at radius 1 is 1.17 bits per heavy atom. The third kappa shape index (κ3) is 6.97. The van der Waals surface area contributed by atoms with Crippen LogP contribution in [0.1, 0.15) is 44.1 Å². The minimum absolute atomic E-state index is 0.0631. The molecule has 3 N–H and O–H groups in total. The summed E-state index contributed by atoms with van der Waals surface area (Å²) < 4.78 is 32.3. The van der Waals surface area contributed by atoms with Crippen molar-refractivity contribution in [2.75, 3.05) is 6.61 Å². The van der Waals surface area contributed by atoms with Gasteiger partial charge in [-0.25, -0.2) is 5.14 Å². The fourth-order valence-electron chi connectivity index (χ4n) is 2.91. The molecule has 1 saturated carbocycles. The Hall–Kier alpha value is -0.990. The van der Waals surface area contributed by atoms with Crippen LogP contribution in [0.2, 0.25) is 0 Å². The summed E-state index contributed by atoms with van der Waals surface area (Å²) in [5.41, 5.74) is 1.06. The average molecular weight is 343 g/mol. The van der Waals surface area contributed by atoms with Gasteiger partial charge >= 0.3 is 10.3 Å². The molecule has 0 spiro atoms. The molecular formula is C16H25NO5S. The lowest BCUT2D eigenvalue weighted by Gasteiger charge is -2.35. The van der Waals surface area contributed by atoms with Gasteiger partial charge in [0.1, 0.15) is 0 Å². The zero-order valence-corrected chi connectivity index (χ0v) is 14.0. The topological polar surface area (TPSA) is 98.9 Å². The van der Waals surface area contributed by atoms with E-state index in [1.165, 1.54) is 0 Å². The van der Waals surface area contributed by atoms with E-state index >= 15 is 0 Å². The van der Waals surface area contributed by atoms with Crippen molar-refractivity contribution >= 4 is 10.3 Å². The van der Waals surface area contributed by atoms with Gasteiger partial charge in [-0.05, 0) is 31.2 Å². The first-order chi connectivity index (χ1) is 10.9. The molecule has 0 radical (unpaired) electrons. The predicted molar refractivity (Wildman–Crippen MR) is 86.7 cm³/mol. The second-order valence-corrected chi connectivity index (χ2v) is 7.26. The maximum atomic E-state index is 10.9. The molecule has 1 aromatic carbocycles. The van der Waals surface area contributed by atoms with Gasteiger partial charge < -0.3 is 9.84 Å². The molecule has 6 nitrogen and oxygen atoms in total. The predicted octanol–water partition coefficient (Wildman–Crippen LogP) is 1.88. The van der Waals surface area contributed by atoms with E-state index in [9.17, 15) is 13.5 Å². The maximum absolute atomic E-state index is 10.9. The van der Waals surface area contributed by atoms with Gasteiger partial charge in [0.25, 0.3) is 0 Å². The molecule has 2 rings (SSSR count). The minimum atomic E-state index is -3.96. The molecule has 23 heavy (non-hydrogen) atoms. The molecule has 1 atom stereocenters. The second-order valence-electron chi connectivity index (χ2n) is 6.04. The summed E-state index contributed by atoms with van der Waals surface area (Å²) in [5.74, 6) is -1.13. The summed E-state index contributed by atoms with van der Waals surface area (Å²) >= 11 is 0. The Morgan fingerprint density at radius 3 is 2.43 bits per heavy atom. The molecule has 1 aliphatic carbocycles. The standard InChI is InChI=1S/C16H25NO5S/c17-23(19,20)21-12-9-15(13-14-7-3-1-4-8-14)22-16(18)10-5-2-6-11-16/h1,3-4,7-8,15,18H,2,5-6,9-13H2,(H2,17,19,20). The zero-order chi connectivity index (χ0) is 16.8. The van der Waals surface area contributed by atoms with Gasteiger partial charge in [0.05, 0.1) is 12.7 Å². The molecule has 0 aliphatic heterocycles. The van der Waals surface area contributed by atoms with Crippen LogP contribution in [-0.4, -0.2) is 32.0 Å². The average Bonchev–Trinajstić information content (AvgIpc) is 2.47. The molecule has 130 valence electrons. The third-order valence-corrected chi connectivity index (χ3v) is 4.51. The van der Waals surface area contributed by atoms with Crippen LogP contribution in [-0.2, 0) is 25.6 Å². The number of aliphatic hydroxyl groups is 1. The van der Waals surface area contributed by atoms with Crippen LogP contribution < -0.4 is 5.14 Å². The monoisotopic (exact) mass is 343 g/mol. The number of ether oxygens (including phenoxy) is 1. The normalized spacial score (nSPS) is 19.4. The molecule has 1 aromatic rings. The fourth-order valence-corrected chi connectivity index (χ4v) is 3.24. The van der Waals surface area contributed by atoms with E-state index in [1.807, 2.05) is 30.3 Å². The highest BCUT2D eigenvalue weighted by Gasteiger charge is 2.33. The summed E-state index contributed by atoms with van der Waals surface area (Å²) in [6, 6.07) is 9.74. The second kappa shape index (κ2) is 8.21. The van der Waals surface area contributed by atoms with Gasteiger partial charge in [-0.15, -0.1) is 0 Å². The van der Waals surface area contributed by atoms with Gasteiger partial charge in [-0.3, -0.25) is 4.18 Å². The molecule has 1 fully saturated rings. The van der Waals surface area contributed by atoms with E-state index in [-0.39, 0.29) is 12.7 Å². The largest absolute Gasteiger partial charge is 0.365 e. The Bertz CT molecular complexity index is 569. The number of benzene rings is 1. The zero-order valence-electron chi connectivity index (χ0n) is 13.2. The van der Waals surface area contributed by atoms with Gasteiger partial charge in [0, 0.05) is 12.8 Å². The van der Waals surface area contributed by atoms with Crippen molar-refractivity contribution < 1.29 is 22.4 Å². The van der Waals surface area contributed by atoms with Crippen molar-refractivity contribution in [2.45, 2.75) is 56.8 Å². The first-order valence-electron chi connectivity index (χ1n) is 7.98. The highest BCUT2D eigenvalue weighted by molar-refractivity contribution is 7.84. The molecule has 0 saturated heterocycles. The smallest absolute Gasteiger partial charge is 0.333 e. The molecule has 0 aromatic heterocycles. The Morgan fingerprint density at radius 2 is 1.83 bits per heavy atom. The quantitative estimate of drug-likeness (QED) is 0.702. The van der Waals surface area contributed by atoms with Crippen LogP contribution in [0.5, 0.6) is 0 Å². The van der Waals surface area contributed by atoms with Crippen LogP contribution in [0.15, 0.2) is 30.3 Å². The summed E-state index contributed by atoms with van der Waals surface area (Å²) in [5, 5.41) is 15.4. The highest BCUT2D eigenvalue weighted by Crippen LogP contribution is 2.31. The molecule has 0 bridgehead atoms. The van der Waals surface area contributed by atoms with E-state index in [1.54, 1.807) is 0 Å². The molecule has 1 aliphatic rings. The number of hydrogen-bond donors (Lipinski definition) is 2. The van der Waals surface area contributed by atoms with Crippen molar-refractivity contribution in [2.24, 2.45) is 5.14 Å². The molecule has 7 heteroatoms. The molecule has 0 heterocycles. The number of rotatable bonds is 8. The lowest BCUT2D eigenvalue weighted by Crippen LogP contribution is -2.39. The van der Waals surface area contributed by atoms with E-state index in [2.05, 4.69) is 4.18 Å². The maximum Gasteiger partial charge on any atom is 0.333 e. The SMILES string of the molecule is NS(=O)(=O)OCCC(Cc1ccccc1)OC1(O)CCCCC1. The summed E-state index contributed by atoms with van der Waals surface area (Å²) in [7, 11) is -3.96. The van der Waals surface area contributed by atoms with Gasteiger partial charge in [-0.2, -0.15) is 8.42 Å². The summed E-state index contributed by atoms with van der Waals surface area (Å²) in [4.78, 5) is 0. The first-order valence-corrected chi connectivity index (χ1v) is 9.45. The van der Waals surface area contributed by atoms with Crippen molar-refractivity contribution in [3.63, 3.8) is 0 Å². The van der Waals surface area contributed by atoms with Crippen LogP contribution in [0.4, 0.5) is 0 Å². The Labute approximate surface area is 137 Å². The lowest BCUT2D eigenvalue weighted by molar-refractivity contribution is -0.246. The van der Waals surface area contributed by atoms with Crippen LogP contribution >= 0.6 is 0 Å². The van der Waals surface area contributed by atoms with E-state index in [4.69, 9.17) is 9.88 Å². The lowest BCUT2D eigenvalue weighted by atomic mass is 9.93. The van der Waals surface area contributed by atoms with E-state index < -0.39 is 16.1 Å². The minimum Gasteiger partial charge on any atom is -0.365 e. The Kier molecular flexibility index (Phi) is 6.55. The highest BCUT2D eigenvalue weighted by atomic mass is 32.2. The first kappa shape index (κ1) is 18.4. The number of hydrogen-bond acceptors (Lipinski definition) is 5. The number of nitrogens with two attached hydrogens (primary N) is 1. The summed E-state index contributed by atoms with van der Waals surface area (Å²) in [6.45, 7) is -0.0631. The van der Waals surface area contributed by atoms with Gasteiger partial charge in [0.15, 0.2) is 5.79 Å². The van der Waals surface area contributed by atoms with Gasteiger partial charge in [-0.1, -0.05) is 36.8 Å². The van der Waals surface area contributed by atoms with E-state index in [0.29, 0.717) is 25.7 Å². The molecule has 1 unspecified atom stereocenters. The molecule has 0 amide bonds. The van der Waals surface area contributed by atoms with Crippen molar-refractivity contribution in [3.8, 4) is 0 Å². The van der Waals surface area contributed by atoms with Crippen LogP contribution in [0.3, 0.4) is 0 Å². The fraction of sp³-hybridized carbons (Fsp3) is 0.625. The van der Waals surface area contributed by atoms with Crippen LogP contribution in [0.25, 0.3) is 0 Å². The van der Waals surface area contributed by atoms with E-state index in [0.717, 1.165) is 24.8 Å². The van der Waals surface area contributed by atoms with Crippen LogP contribution in [0, 0.1) is 0 Å². The Balaban J connectivity index is 1.98. The van der Waals surface area contributed by atoms with Gasteiger partial charge in [0.2, 0.25) is 0 Å². The summed E-state index contributed by atoms with van der Waals surface area (Å²) in [6.07, 6.45) is 4.77. The van der Waals surface area contributed by atoms with Crippen molar-refractivity contribution in [3.05, 3.63) is 35.9 Å². The molecular weight excluding hydrogens is 318 g/mol.